The predicted molar refractivity (Wildman–Crippen MR) is 534 cm³/mol. The van der Waals surface area contributed by atoms with E-state index in [9.17, 15) is 0 Å². The van der Waals surface area contributed by atoms with Crippen LogP contribution in [0.15, 0.2) is 315 Å². The average molecular weight is 1660 g/mol. The zero-order valence-electron chi connectivity index (χ0n) is 74.9. The van der Waals surface area contributed by atoms with Crippen LogP contribution in [-0.4, -0.2) is 116 Å². The van der Waals surface area contributed by atoms with Crippen LogP contribution in [0.25, 0.3) is 110 Å². The average Bonchev–Trinajstić information content (AvgIpc) is 1.59. The molecule has 18 aromatic rings. The fraction of sp³-hybridized carbons (Fsp3) is 0.270. The van der Waals surface area contributed by atoms with Crippen LogP contribution in [0.4, 0.5) is 28.4 Å². The lowest BCUT2D eigenvalue weighted by molar-refractivity contribution is 0.131. The molecule has 7 fully saturated rings. The molecule has 8 bridgehead atoms. The van der Waals surface area contributed by atoms with E-state index in [0.717, 1.165) is 25.4 Å². The van der Waals surface area contributed by atoms with E-state index in [4.69, 9.17) is 0 Å². The van der Waals surface area contributed by atoms with Crippen molar-refractivity contribution in [3.05, 3.63) is 354 Å². The van der Waals surface area contributed by atoms with Crippen molar-refractivity contribution in [3.63, 3.8) is 0 Å². The summed E-state index contributed by atoms with van der Waals surface area (Å²) in [5.41, 5.74) is 31.9. The molecule has 0 spiro atoms. The molecule has 27 rings (SSSR count). The lowest BCUT2D eigenvalue weighted by Gasteiger charge is -2.47. The van der Waals surface area contributed by atoms with Gasteiger partial charge >= 0.3 is 0 Å². The van der Waals surface area contributed by atoms with Crippen LogP contribution in [0, 0.1) is 27.7 Å². The Kier molecular flexibility index (Phi) is 19.6. The second-order valence-electron chi connectivity index (χ2n) is 37.6. The number of para-hydroxylation sites is 9. The molecule has 12 nitrogen and oxygen atoms in total. The number of anilines is 5. The van der Waals surface area contributed by atoms with Gasteiger partial charge in [0.05, 0.1) is 80.9 Å². The molecule has 0 N–H and O–H groups in total. The van der Waals surface area contributed by atoms with E-state index in [1.165, 1.54) is 229 Å². The summed E-state index contributed by atoms with van der Waals surface area (Å²) in [6.07, 6.45) is 11.7. The Morgan fingerprint density at radius 2 is 0.622 bits per heavy atom. The van der Waals surface area contributed by atoms with Crippen molar-refractivity contribution in [1.82, 2.24) is 33.0 Å². The summed E-state index contributed by atoms with van der Waals surface area (Å²) < 4.78 is 9.66. The highest BCUT2D eigenvalue weighted by Crippen LogP contribution is 2.54. The van der Waals surface area contributed by atoms with Crippen LogP contribution in [0.1, 0.15) is 124 Å². The van der Waals surface area contributed by atoms with Crippen LogP contribution < -0.4 is 24.5 Å². The lowest BCUT2D eigenvalue weighted by atomic mass is 9.99. The van der Waals surface area contributed by atoms with E-state index in [0.29, 0.717) is 54.9 Å². The topological polar surface area (TPSA) is 45.6 Å². The summed E-state index contributed by atoms with van der Waals surface area (Å²) in [5.74, 6) is 0. The van der Waals surface area contributed by atoms with Gasteiger partial charge in [0.2, 0.25) is 0 Å². The normalized spacial score (nSPS) is 22.3. The van der Waals surface area contributed by atoms with Crippen molar-refractivity contribution in [1.29, 1.82) is 0 Å². The molecule has 127 heavy (non-hydrogen) atoms. The SMILES string of the molecule is Cc1cc2c(cc1N1C3CC(c4ccccc43)N(C)C1C)c1ccccc1n2-c1ccccc1.Cc1cc2c(cc1N1C3CCC(C3)N(C)C1C)c1ccccc1n2-c1ccccc1.Cc1cc2c(cc1N1C3CCCN(CC3)C1C)c1ccccc1n2-c1ccccc1.Cc1cc2c(cc1N1C3Cc4ccccc4N(C3)C1C)c1ccccc1n2-c1ccccc1. The molecule has 0 amide bonds. The highest BCUT2D eigenvalue weighted by Gasteiger charge is 2.48. The first kappa shape index (κ1) is 78.8. The maximum atomic E-state index is 2.72. The van der Waals surface area contributed by atoms with Gasteiger partial charge < -0.3 is 42.8 Å². The van der Waals surface area contributed by atoms with E-state index in [1.807, 2.05) is 0 Å². The van der Waals surface area contributed by atoms with E-state index in [1.54, 1.807) is 0 Å². The van der Waals surface area contributed by atoms with Gasteiger partial charge in [-0.2, -0.15) is 0 Å². The minimum Gasteiger partial charge on any atom is -0.353 e. The Hall–Kier alpha value is -12.8. The van der Waals surface area contributed by atoms with Crippen molar-refractivity contribution in [2.75, 3.05) is 58.2 Å². The molecular weight excluding hydrogens is 1550 g/mol. The Morgan fingerprint density at radius 1 is 0.260 bits per heavy atom. The number of nitrogens with zero attached hydrogens (tertiary/aromatic N) is 12. The molecule has 6 saturated heterocycles. The van der Waals surface area contributed by atoms with E-state index in [2.05, 4.69) is 442 Å². The number of aromatic nitrogens is 4. The highest BCUT2D eigenvalue weighted by atomic mass is 15.5. The second-order valence-corrected chi connectivity index (χ2v) is 37.6. The van der Waals surface area contributed by atoms with Crippen molar-refractivity contribution in [2.24, 2.45) is 0 Å². The van der Waals surface area contributed by atoms with E-state index in [-0.39, 0.29) is 0 Å². The summed E-state index contributed by atoms with van der Waals surface area (Å²) in [5, 5.41) is 10.7. The zero-order valence-corrected chi connectivity index (χ0v) is 74.9. The summed E-state index contributed by atoms with van der Waals surface area (Å²) in [6, 6.07) is 119. The van der Waals surface area contributed by atoms with Gasteiger partial charge in [0.25, 0.3) is 0 Å². The van der Waals surface area contributed by atoms with Crippen molar-refractivity contribution in [2.45, 2.75) is 168 Å². The van der Waals surface area contributed by atoms with E-state index >= 15 is 0 Å². The minimum absolute atomic E-state index is 0.328. The second kappa shape index (κ2) is 31.6. The number of benzene rings is 14. The highest BCUT2D eigenvalue weighted by molar-refractivity contribution is 6.14. The maximum Gasteiger partial charge on any atom is 0.0991 e. The summed E-state index contributed by atoms with van der Waals surface area (Å²) in [4.78, 5) is 21.2. The third-order valence-electron chi connectivity index (χ3n) is 30.9. The van der Waals surface area contributed by atoms with Gasteiger partial charge in [-0.1, -0.05) is 188 Å². The maximum absolute atomic E-state index is 2.72. The molecule has 1 saturated carbocycles. The van der Waals surface area contributed by atoms with Crippen molar-refractivity contribution >= 4 is 116 Å². The van der Waals surface area contributed by atoms with Crippen LogP contribution in [0.2, 0.25) is 0 Å². The molecule has 4 aromatic heterocycles. The molecule has 634 valence electrons. The van der Waals surface area contributed by atoms with Gasteiger partial charge in [0, 0.05) is 138 Å². The molecule has 12 heteroatoms. The Labute approximate surface area is 746 Å². The fourth-order valence-electron chi connectivity index (χ4n) is 24.7. The van der Waals surface area contributed by atoms with Gasteiger partial charge in [0.15, 0.2) is 0 Å². The number of rotatable bonds is 8. The minimum atomic E-state index is 0.328. The monoisotopic (exact) mass is 1660 g/mol. The molecule has 7 aliphatic heterocycles. The standard InChI is InChI=1S/C31H29N3.C30H27N3.2C27H29N3/c1-20-17-30-26(25-15-9-10-16-27(25)34(30)22-11-5-4-6-12-22)18-28(20)33-21(2)32(3)29-19-31(33)24-14-8-7-13-23(24)29;1-20-16-30-26(25-13-7-9-15-28(25)33(30)23-11-4-3-5-12-23)18-29(20)32-21(2)31-19-24(32)17-22-10-6-8-14-27(22)31;1-18-15-27-24(17-26(18)29-19(2)28(3)21-13-14-22(29)16-21)23-11-7-8-12-25(23)30(27)20-9-5-4-6-10-20;1-19-17-27-24(18-26(19)29-20(2)28-15-8-11-22(29)14-16-28)23-12-6-7-13-25(23)30(27)21-9-4-3-5-10-21/h4-18,21,29,31H,19H2,1-3H3;3-16,18,21,24H,17,19H2,1-2H3;4-12,15,17,19,21-22H,13-14,16H2,1-3H3;3-7,9-10,12-13,17-18,20,22H,8,11,14-16H2,1-2H3. The van der Waals surface area contributed by atoms with Crippen LogP contribution >= 0.6 is 0 Å². The van der Waals surface area contributed by atoms with Crippen molar-refractivity contribution in [3.8, 4) is 22.7 Å². The Bertz CT molecular complexity index is 7070. The molecule has 9 aliphatic rings. The summed E-state index contributed by atoms with van der Waals surface area (Å²) in [6.45, 7) is 22.2. The lowest BCUT2D eigenvalue weighted by Crippen LogP contribution is -2.56. The van der Waals surface area contributed by atoms with Gasteiger partial charge in [-0.3, -0.25) is 14.7 Å². The van der Waals surface area contributed by atoms with Gasteiger partial charge in [-0.05, 0) is 287 Å². The molecule has 11 heterocycles. The number of hydrogen-bond donors (Lipinski definition) is 0. The first-order chi connectivity index (χ1) is 62.2. The predicted octanol–water partition coefficient (Wildman–Crippen LogP) is 26.3. The van der Waals surface area contributed by atoms with Gasteiger partial charge in [-0.25, -0.2) is 0 Å². The molecular formula is C115H114N12. The molecule has 0 radical (unpaired) electrons. The van der Waals surface area contributed by atoms with Crippen LogP contribution in [-0.2, 0) is 6.42 Å². The molecule has 14 aromatic carbocycles. The smallest absolute Gasteiger partial charge is 0.0991 e. The quantitative estimate of drug-likeness (QED) is 0.149. The van der Waals surface area contributed by atoms with Gasteiger partial charge in [-0.15, -0.1) is 0 Å². The summed E-state index contributed by atoms with van der Waals surface area (Å²) >= 11 is 0. The number of aryl methyl sites for hydroxylation is 4. The summed E-state index contributed by atoms with van der Waals surface area (Å²) in [7, 11) is 4.59. The Balaban J connectivity index is 0.0000000973. The van der Waals surface area contributed by atoms with Crippen molar-refractivity contribution < 1.29 is 0 Å². The third kappa shape index (κ3) is 12.9. The molecule has 2 aliphatic carbocycles. The van der Waals surface area contributed by atoms with E-state index < -0.39 is 0 Å². The first-order valence-electron chi connectivity index (χ1n) is 46.8. The largest absolute Gasteiger partial charge is 0.353 e. The third-order valence-corrected chi connectivity index (χ3v) is 30.9. The zero-order chi connectivity index (χ0) is 85.7. The fourth-order valence-corrected chi connectivity index (χ4v) is 24.7. The Morgan fingerprint density at radius 3 is 1.07 bits per heavy atom. The molecule has 11 atom stereocenters. The number of hydrogen-bond acceptors (Lipinski definition) is 8. The van der Waals surface area contributed by atoms with Crippen LogP contribution in [0.3, 0.4) is 0 Å². The van der Waals surface area contributed by atoms with Crippen LogP contribution in [0.5, 0.6) is 0 Å². The van der Waals surface area contributed by atoms with Gasteiger partial charge in [0.1, 0.15) is 0 Å². The number of fused-ring (bicyclic) bond motifs is 27. The first-order valence-corrected chi connectivity index (χ1v) is 46.8. The molecule has 11 unspecified atom stereocenters.